The molecule has 2 N–H and O–H groups in total. The van der Waals surface area contributed by atoms with Crippen LogP contribution < -0.4 is 5.73 Å². The van der Waals surface area contributed by atoms with E-state index in [-0.39, 0.29) is 17.9 Å². The number of rotatable bonds is 6. The maximum Gasteiger partial charge on any atom is 0.226 e. The minimum Gasteiger partial charge on any atom is -0.376 e. The van der Waals surface area contributed by atoms with E-state index in [1.54, 1.807) is 0 Å². The molecule has 1 aromatic carbocycles. The predicted molar refractivity (Wildman–Crippen MR) is 83.6 cm³/mol. The van der Waals surface area contributed by atoms with Crippen molar-refractivity contribution in [3.05, 3.63) is 35.9 Å². The van der Waals surface area contributed by atoms with Crippen LogP contribution in [0.5, 0.6) is 0 Å². The second-order valence-corrected chi connectivity index (χ2v) is 6.09. The van der Waals surface area contributed by atoms with Crippen molar-refractivity contribution < 1.29 is 9.53 Å². The lowest BCUT2D eigenvalue weighted by molar-refractivity contribution is -0.134. The number of nitrogens with zero attached hydrogens (tertiary/aromatic N) is 1. The lowest BCUT2D eigenvalue weighted by Crippen LogP contribution is -2.40. The number of benzene rings is 1. The SMILES string of the molecule is CC(N)C(C)C(=O)N1CCC(COCc2ccccc2)C1. The third kappa shape index (κ3) is 4.55. The van der Waals surface area contributed by atoms with Gasteiger partial charge in [-0.05, 0) is 18.9 Å². The molecule has 0 radical (unpaired) electrons. The maximum atomic E-state index is 12.2. The summed E-state index contributed by atoms with van der Waals surface area (Å²) < 4.78 is 5.78. The number of likely N-dealkylation sites (tertiary alicyclic amines) is 1. The highest BCUT2D eigenvalue weighted by molar-refractivity contribution is 5.79. The summed E-state index contributed by atoms with van der Waals surface area (Å²) in [7, 11) is 0. The van der Waals surface area contributed by atoms with Crippen LogP contribution in [0.2, 0.25) is 0 Å². The highest BCUT2D eigenvalue weighted by Gasteiger charge is 2.30. The average Bonchev–Trinajstić information content (AvgIpc) is 2.95. The molecule has 4 heteroatoms. The van der Waals surface area contributed by atoms with Crippen LogP contribution in [0.4, 0.5) is 0 Å². The molecule has 1 aliphatic heterocycles. The molecule has 3 atom stereocenters. The Bertz CT molecular complexity index is 447. The Labute approximate surface area is 127 Å². The van der Waals surface area contributed by atoms with Gasteiger partial charge in [-0.3, -0.25) is 4.79 Å². The summed E-state index contributed by atoms with van der Waals surface area (Å²) in [5.74, 6) is 0.516. The average molecular weight is 290 g/mol. The Kier molecular flexibility index (Phi) is 5.76. The molecule has 1 aromatic rings. The fraction of sp³-hybridized carbons (Fsp3) is 0.588. The van der Waals surface area contributed by atoms with Crippen molar-refractivity contribution in [3.63, 3.8) is 0 Å². The molecule has 1 saturated heterocycles. The van der Waals surface area contributed by atoms with E-state index in [1.807, 2.05) is 36.9 Å². The Hall–Kier alpha value is -1.39. The minimum absolute atomic E-state index is 0.0918. The molecule has 116 valence electrons. The van der Waals surface area contributed by atoms with Gasteiger partial charge in [0.05, 0.1) is 19.1 Å². The van der Waals surface area contributed by atoms with Crippen molar-refractivity contribution in [2.45, 2.75) is 32.9 Å². The zero-order chi connectivity index (χ0) is 15.2. The first-order chi connectivity index (χ1) is 10.1. The molecule has 0 saturated carbocycles. The molecule has 1 fully saturated rings. The van der Waals surface area contributed by atoms with Crippen molar-refractivity contribution >= 4 is 5.91 Å². The van der Waals surface area contributed by atoms with Crippen LogP contribution in [0.15, 0.2) is 30.3 Å². The van der Waals surface area contributed by atoms with Crippen LogP contribution in [0.1, 0.15) is 25.8 Å². The molecule has 2 rings (SSSR count). The lowest BCUT2D eigenvalue weighted by atomic mass is 10.0. The van der Waals surface area contributed by atoms with Crippen LogP contribution >= 0.6 is 0 Å². The van der Waals surface area contributed by atoms with E-state index < -0.39 is 0 Å². The molecule has 3 unspecified atom stereocenters. The Morgan fingerprint density at radius 3 is 2.76 bits per heavy atom. The molecule has 21 heavy (non-hydrogen) atoms. The number of hydrogen-bond acceptors (Lipinski definition) is 3. The maximum absolute atomic E-state index is 12.2. The number of ether oxygens (including phenoxy) is 1. The molecular weight excluding hydrogens is 264 g/mol. The van der Waals surface area contributed by atoms with E-state index in [2.05, 4.69) is 12.1 Å². The number of hydrogen-bond donors (Lipinski definition) is 1. The van der Waals surface area contributed by atoms with Crippen LogP contribution in [0.3, 0.4) is 0 Å². The van der Waals surface area contributed by atoms with Gasteiger partial charge in [0.2, 0.25) is 5.91 Å². The van der Waals surface area contributed by atoms with Crippen LogP contribution in [-0.2, 0) is 16.1 Å². The van der Waals surface area contributed by atoms with E-state index in [1.165, 1.54) is 5.56 Å². The smallest absolute Gasteiger partial charge is 0.226 e. The van der Waals surface area contributed by atoms with Gasteiger partial charge in [-0.2, -0.15) is 0 Å². The zero-order valence-electron chi connectivity index (χ0n) is 13.0. The Morgan fingerprint density at radius 1 is 1.38 bits per heavy atom. The topological polar surface area (TPSA) is 55.6 Å². The van der Waals surface area contributed by atoms with Gasteiger partial charge in [-0.1, -0.05) is 37.3 Å². The van der Waals surface area contributed by atoms with Crippen LogP contribution in [-0.4, -0.2) is 36.5 Å². The standard InChI is InChI=1S/C17H26N2O2/c1-13(14(2)18)17(20)19-9-8-16(10-19)12-21-11-15-6-4-3-5-7-15/h3-7,13-14,16H,8-12,18H2,1-2H3. The van der Waals surface area contributed by atoms with E-state index >= 15 is 0 Å². The van der Waals surface area contributed by atoms with Gasteiger partial charge in [0.15, 0.2) is 0 Å². The molecule has 0 bridgehead atoms. The summed E-state index contributed by atoms with van der Waals surface area (Å²) in [6, 6.07) is 10.1. The third-order valence-corrected chi connectivity index (χ3v) is 4.24. The lowest BCUT2D eigenvalue weighted by Gasteiger charge is -2.23. The number of nitrogens with two attached hydrogens (primary N) is 1. The highest BCUT2D eigenvalue weighted by Crippen LogP contribution is 2.20. The predicted octanol–water partition coefficient (Wildman–Crippen LogP) is 2.03. The fourth-order valence-corrected chi connectivity index (χ4v) is 2.60. The van der Waals surface area contributed by atoms with Crippen molar-refractivity contribution in [1.82, 2.24) is 4.90 Å². The second-order valence-electron chi connectivity index (χ2n) is 6.09. The van der Waals surface area contributed by atoms with Crippen LogP contribution in [0, 0.1) is 11.8 Å². The minimum atomic E-state index is -0.103. The van der Waals surface area contributed by atoms with E-state index in [4.69, 9.17) is 10.5 Å². The molecular formula is C17H26N2O2. The van der Waals surface area contributed by atoms with Gasteiger partial charge in [-0.15, -0.1) is 0 Å². The zero-order valence-corrected chi connectivity index (χ0v) is 13.0. The van der Waals surface area contributed by atoms with Crippen molar-refractivity contribution in [2.75, 3.05) is 19.7 Å². The number of carbonyl (C=O) groups is 1. The molecule has 1 aliphatic rings. The monoisotopic (exact) mass is 290 g/mol. The Balaban J connectivity index is 1.72. The quantitative estimate of drug-likeness (QED) is 0.872. The number of amides is 1. The van der Waals surface area contributed by atoms with Crippen molar-refractivity contribution in [3.8, 4) is 0 Å². The largest absolute Gasteiger partial charge is 0.376 e. The highest BCUT2D eigenvalue weighted by atomic mass is 16.5. The first-order valence-electron chi connectivity index (χ1n) is 7.74. The normalized spacial score (nSPS) is 21.3. The summed E-state index contributed by atoms with van der Waals surface area (Å²) in [5.41, 5.74) is 7.00. The van der Waals surface area contributed by atoms with Crippen molar-refractivity contribution in [1.29, 1.82) is 0 Å². The van der Waals surface area contributed by atoms with Crippen molar-refractivity contribution in [2.24, 2.45) is 17.6 Å². The molecule has 0 aliphatic carbocycles. The Morgan fingerprint density at radius 2 is 2.10 bits per heavy atom. The summed E-state index contributed by atoms with van der Waals surface area (Å²) in [6.45, 7) is 6.78. The molecule has 1 heterocycles. The van der Waals surface area contributed by atoms with Crippen LogP contribution in [0.25, 0.3) is 0 Å². The fourth-order valence-electron chi connectivity index (χ4n) is 2.60. The first kappa shape index (κ1) is 16.0. The summed E-state index contributed by atoms with van der Waals surface area (Å²) >= 11 is 0. The van der Waals surface area contributed by atoms with Gasteiger partial charge in [0.1, 0.15) is 0 Å². The molecule has 0 aromatic heterocycles. The summed E-state index contributed by atoms with van der Waals surface area (Å²) in [5, 5.41) is 0. The van der Waals surface area contributed by atoms with Gasteiger partial charge >= 0.3 is 0 Å². The second kappa shape index (κ2) is 7.57. The van der Waals surface area contributed by atoms with Gasteiger partial charge in [0, 0.05) is 25.0 Å². The molecule has 0 spiro atoms. The van der Waals surface area contributed by atoms with Gasteiger partial charge in [-0.25, -0.2) is 0 Å². The summed E-state index contributed by atoms with van der Waals surface area (Å²) in [4.78, 5) is 14.2. The molecule has 1 amide bonds. The van der Waals surface area contributed by atoms with E-state index in [9.17, 15) is 4.79 Å². The van der Waals surface area contributed by atoms with E-state index in [0.717, 1.165) is 19.5 Å². The molecule has 4 nitrogen and oxygen atoms in total. The first-order valence-corrected chi connectivity index (χ1v) is 7.74. The van der Waals surface area contributed by atoms with E-state index in [0.29, 0.717) is 19.1 Å². The summed E-state index contributed by atoms with van der Waals surface area (Å²) in [6.07, 6.45) is 1.02. The number of carbonyl (C=O) groups excluding carboxylic acids is 1. The van der Waals surface area contributed by atoms with Gasteiger partial charge in [0.25, 0.3) is 0 Å². The van der Waals surface area contributed by atoms with Gasteiger partial charge < -0.3 is 15.4 Å². The third-order valence-electron chi connectivity index (χ3n) is 4.24.